The number of rotatable bonds is 5. The van der Waals surface area contributed by atoms with Gasteiger partial charge >= 0.3 is 0 Å². The van der Waals surface area contributed by atoms with Gasteiger partial charge in [-0.2, -0.15) is 0 Å². The summed E-state index contributed by atoms with van der Waals surface area (Å²) >= 11 is 13.9. The van der Waals surface area contributed by atoms with Crippen LogP contribution in [0, 0.1) is 0 Å². The average Bonchev–Trinajstić information content (AvgIpc) is 2.87. The lowest BCUT2D eigenvalue weighted by Crippen LogP contribution is -2.35. The minimum absolute atomic E-state index is 0.000970. The van der Waals surface area contributed by atoms with Crippen molar-refractivity contribution in [2.24, 2.45) is 0 Å². The molecule has 1 N–H and O–H groups in total. The van der Waals surface area contributed by atoms with Gasteiger partial charge in [-0.15, -0.1) is 11.3 Å². The lowest BCUT2D eigenvalue weighted by molar-refractivity contribution is 0.296. The molecule has 0 bridgehead atoms. The molecule has 0 saturated carbocycles. The molecule has 1 aromatic heterocycles. The van der Waals surface area contributed by atoms with E-state index in [0.29, 0.717) is 28.9 Å². The lowest BCUT2D eigenvalue weighted by Gasteiger charge is -2.22. The highest BCUT2D eigenvalue weighted by molar-refractivity contribution is 7.07. The van der Waals surface area contributed by atoms with Gasteiger partial charge in [0.05, 0.1) is 16.2 Å². The number of thiazole rings is 1. The van der Waals surface area contributed by atoms with Crippen LogP contribution in [0.25, 0.3) is 0 Å². The highest BCUT2D eigenvalue weighted by Gasteiger charge is 2.15. The molecule has 3 nitrogen and oxygen atoms in total. The highest BCUT2D eigenvalue weighted by atomic mass is 35.5. The molecule has 6 heteroatoms. The molecule has 0 aliphatic carbocycles. The van der Waals surface area contributed by atoms with Gasteiger partial charge in [-0.1, -0.05) is 23.2 Å². The second kappa shape index (κ2) is 6.97. The van der Waals surface area contributed by atoms with Gasteiger partial charge in [-0.3, -0.25) is 0 Å². The van der Waals surface area contributed by atoms with Gasteiger partial charge < -0.3 is 10.1 Å². The quantitative estimate of drug-likeness (QED) is 0.835. The molecule has 114 valence electrons. The summed E-state index contributed by atoms with van der Waals surface area (Å²) in [4.78, 5) is 4.20. The molecule has 0 radical (unpaired) electrons. The van der Waals surface area contributed by atoms with Crippen LogP contribution in [0.2, 0.25) is 10.0 Å². The molecule has 21 heavy (non-hydrogen) atoms. The number of hydrogen-bond donors (Lipinski definition) is 1. The highest BCUT2D eigenvalue weighted by Crippen LogP contribution is 2.33. The largest absolute Gasteiger partial charge is 0.485 e. The molecule has 0 atom stereocenters. The molecule has 0 fully saturated rings. The van der Waals surface area contributed by atoms with Crippen LogP contribution < -0.4 is 10.1 Å². The van der Waals surface area contributed by atoms with Crippen LogP contribution in [0.1, 0.15) is 32.0 Å². The topological polar surface area (TPSA) is 34.1 Å². The molecule has 2 rings (SSSR count). The van der Waals surface area contributed by atoms with Crippen molar-refractivity contribution in [3.05, 3.63) is 44.3 Å². The number of hydrogen-bond acceptors (Lipinski definition) is 4. The van der Waals surface area contributed by atoms with E-state index >= 15 is 0 Å². The van der Waals surface area contributed by atoms with Crippen LogP contribution in [0.4, 0.5) is 0 Å². The molecule has 0 aliphatic heterocycles. The van der Waals surface area contributed by atoms with Crippen LogP contribution in [-0.2, 0) is 13.2 Å². The van der Waals surface area contributed by atoms with Gasteiger partial charge in [-0.05, 0) is 32.9 Å². The number of halogens is 2. The summed E-state index contributed by atoms with van der Waals surface area (Å²) in [5, 5.41) is 6.49. The summed E-state index contributed by atoms with van der Waals surface area (Å²) in [6.45, 7) is 7.35. The molecule has 0 amide bonds. The summed E-state index contributed by atoms with van der Waals surface area (Å²) < 4.78 is 5.85. The molecule has 0 spiro atoms. The molecule has 0 unspecified atom stereocenters. The van der Waals surface area contributed by atoms with Crippen molar-refractivity contribution in [2.45, 2.75) is 39.5 Å². The van der Waals surface area contributed by atoms with E-state index in [1.54, 1.807) is 22.9 Å². The summed E-state index contributed by atoms with van der Waals surface area (Å²) in [7, 11) is 0. The lowest BCUT2D eigenvalue weighted by atomic mass is 10.1. The third kappa shape index (κ3) is 5.15. The maximum atomic E-state index is 6.27. The van der Waals surface area contributed by atoms with E-state index < -0.39 is 0 Å². The van der Waals surface area contributed by atoms with Crippen molar-refractivity contribution in [1.29, 1.82) is 0 Å². The normalized spacial score (nSPS) is 11.7. The summed E-state index contributed by atoms with van der Waals surface area (Å²) in [5.41, 5.74) is 3.61. The van der Waals surface area contributed by atoms with Crippen molar-refractivity contribution in [3.8, 4) is 5.75 Å². The zero-order valence-corrected chi connectivity index (χ0v) is 14.6. The van der Waals surface area contributed by atoms with Gasteiger partial charge in [0.15, 0.2) is 0 Å². The molecule has 0 aliphatic rings. The number of nitrogens with zero attached hydrogens (tertiary/aromatic N) is 1. The molecule has 1 heterocycles. The summed E-state index contributed by atoms with van der Waals surface area (Å²) in [6.07, 6.45) is 0. The standard InChI is InChI=1S/C15H18Cl2N2OS/c1-15(2,3)19-6-10-4-11(16)5-13(17)14(10)20-7-12-8-21-9-18-12/h4-5,8-9,19H,6-7H2,1-3H3. The average molecular weight is 345 g/mol. The molecule has 0 saturated heterocycles. The Labute approximate surface area is 139 Å². The maximum Gasteiger partial charge on any atom is 0.143 e. The van der Waals surface area contributed by atoms with E-state index in [1.807, 2.05) is 11.4 Å². The van der Waals surface area contributed by atoms with Crippen LogP contribution >= 0.6 is 34.5 Å². The Hall–Kier alpha value is -0.810. The zero-order valence-electron chi connectivity index (χ0n) is 12.2. The molecular formula is C15H18Cl2N2OS. The first-order chi connectivity index (χ1) is 9.85. The monoisotopic (exact) mass is 344 g/mol. The van der Waals surface area contributed by atoms with Crippen molar-refractivity contribution in [2.75, 3.05) is 0 Å². The van der Waals surface area contributed by atoms with Crippen molar-refractivity contribution < 1.29 is 4.74 Å². The Morgan fingerprint density at radius 3 is 2.67 bits per heavy atom. The fourth-order valence-corrected chi connectivity index (χ4v) is 2.86. The first-order valence-corrected chi connectivity index (χ1v) is 8.28. The number of benzene rings is 1. The first kappa shape index (κ1) is 16.6. The fourth-order valence-electron chi connectivity index (χ4n) is 1.72. The summed E-state index contributed by atoms with van der Waals surface area (Å²) in [6, 6.07) is 3.57. The number of nitrogens with one attached hydrogen (secondary N) is 1. The smallest absolute Gasteiger partial charge is 0.143 e. The Morgan fingerprint density at radius 1 is 1.29 bits per heavy atom. The van der Waals surface area contributed by atoms with E-state index in [4.69, 9.17) is 27.9 Å². The first-order valence-electron chi connectivity index (χ1n) is 6.58. The second-order valence-electron chi connectivity index (χ2n) is 5.75. The minimum Gasteiger partial charge on any atom is -0.485 e. The van der Waals surface area contributed by atoms with Crippen molar-refractivity contribution in [3.63, 3.8) is 0 Å². The third-order valence-electron chi connectivity index (χ3n) is 2.74. The van der Waals surface area contributed by atoms with Crippen LogP contribution in [-0.4, -0.2) is 10.5 Å². The van der Waals surface area contributed by atoms with E-state index in [1.165, 1.54) is 0 Å². The molecular weight excluding hydrogens is 327 g/mol. The van der Waals surface area contributed by atoms with Gasteiger partial charge in [0.25, 0.3) is 0 Å². The second-order valence-corrected chi connectivity index (χ2v) is 7.31. The van der Waals surface area contributed by atoms with E-state index in [9.17, 15) is 0 Å². The fraction of sp³-hybridized carbons (Fsp3) is 0.400. The van der Waals surface area contributed by atoms with Gasteiger partial charge in [0, 0.05) is 28.0 Å². The Kier molecular flexibility index (Phi) is 5.49. The SMILES string of the molecule is CC(C)(C)NCc1cc(Cl)cc(Cl)c1OCc1cscn1. The zero-order chi connectivity index (χ0) is 15.5. The molecule has 2 aromatic rings. The van der Waals surface area contributed by atoms with Crippen molar-refractivity contribution in [1.82, 2.24) is 10.3 Å². The van der Waals surface area contributed by atoms with Crippen molar-refractivity contribution >= 4 is 34.5 Å². The Balaban J connectivity index is 2.17. The Bertz CT molecular complexity index is 594. The minimum atomic E-state index is 0.000970. The van der Waals surface area contributed by atoms with Gasteiger partial charge in [0.2, 0.25) is 0 Å². The van der Waals surface area contributed by atoms with Gasteiger partial charge in [-0.25, -0.2) is 4.98 Å². The molecule has 1 aromatic carbocycles. The van der Waals surface area contributed by atoms with Gasteiger partial charge in [0.1, 0.15) is 12.4 Å². The summed E-state index contributed by atoms with van der Waals surface area (Å²) in [5.74, 6) is 0.658. The van der Waals surface area contributed by atoms with Crippen LogP contribution in [0.5, 0.6) is 5.75 Å². The van der Waals surface area contributed by atoms with E-state index in [0.717, 1.165) is 11.3 Å². The number of ether oxygens (including phenoxy) is 1. The predicted molar refractivity (Wildman–Crippen MR) is 89.5 cm³/mol. The number of aromatic nitrogens is 1. The maximum absolute atomic E-state index is 6.27. The van der Waals surface area contributed by atoms with Crippen LogP contribution in [0.15, 0.2) is 23.0 Å². The van der Waals surface area contributed by atoms with E-state index in [-0.39, 0.29) is 5.54 Å². The van der Waals surface area contributed by atoms with Crippen LogP contribution in [0.3, 0.4) is 0 Å². The predicted octanol–water partition coefficient (Wildman–Crippen LogP) is 4.92. The Morgan fingerprint density at radius 2 is 2.05 bits per heavy atom. The third-order valence-corrected chi connectivity index (χ3v) is 3.88. The van der Waals surface area contributed by atoms with E-state index in [2.05, 4.69) is 31.1 Å².